The molecule has 0 saturated heterocycles. The third-order valence-corrected chi connectivity index (χ3v) is 4.61. The predicted molar refractivity (Wildman–Crippen MR) is 85.4 cm³/mol. The number of carbonyl (C=O) groups is 1. The summed E-state index contributed by atoms with van der Waals surface area (Å²) < 4.78 is 5.85. The van der Waals surface area contributed by atoms with Gasteiger partial charge in [-0.3, -0.25) is 4.79 Å². The van der Waals surface area contributed by atoms with Crippen LogP contribution in [-0.2, 0) is 11.2 Å². The molecule has 0 aliphatic rings. The van der Waals surface area contributed by atoms with Gasteiger partial charge in [0.15, 0.2) is 0 Å². The lowest BCUT2D eigenvalue weighted by Crippen LogP contribution is -2.30. The molecule has 0 saturated carbocycles. The Balaban J connectivity index is 1.77. The zero-order valence-electron chi connectivity index (χ0n) is 12.1. The van der Waals surface area contributed by atoms with Crippen molar-refractivity contribution in [3.63, 3.8) is 0 Å². The van der Waals surface area contributed by atoms with Crippen molar-refractivity contribution in [1.29, 1.82) is 0 Å². The summed E-state index contributed by atoms with van der Waals surface area (Å²) in [6.07, 6.45) is 0.443. The second-order valence-corrected chi connectivity index (χ2v) is 6.16. The summed E-state index contributed by atoms with van der Waals surface area (Å²) in [6, 6.07) is 13.8. The maximum absolute atomic E-state index is 12.3. The molecule has 0 radical (unpaired) electrons. The van der Waals surface area contributed by atoms with Crippen molar-refractivity contribution < 1.29 is 9.21 Å². The number of amides is 1. The lowest BCUT2D eigenvalue weighted by Gasteiger charge is -2.23. The van der Waals surface area contributed by atoms with Crippen LogP contribution in [0.4, 0.5) is 0 Å². The van der Waals surface area contributed by atoms with E-state index in [-0.39, 0.29) is 11.9 Å². The summed E-state index contributed by atoms with van der Waals surface area (Å²) in [5, 5.41) is 3.06. The van der Waals surface area contributed by atoms with Gasteiger partial charge in [-0.25, -0.2) is 0 Å². The van der Waals surface area contributed by atoms with Crippen LogP contribution in [0.5, 0.6) is 0 Å². The minimum Gasteiger partial charge on any atom is -0.459 e. The molecule has 0 spiro atoms. The van der Waals surface area contributed by atoms with Crippen LogP contribution in [0.2, 0.25) is 0 Å². The lowest BCUT2D eigenvalue weighted by atomic mass is 10.2. The van der Waals surface area contributed by atoms with Crippen LogP contribution in [0.15, 0.2) is 52.3 Å². The molecule has 3 rings (SSSR count). The Bertz CT molecular complexity index is 712. The van der Waals surface area contributed by atoms with E-state index in [1.165, 1.54) is 0 Å². The summed E-state index contributed by atoms with van der Waals surface area (Å²) in [6.45, 7) is 1.99. The standard InChI is InChI=1S/C17H17NO2S/c1-12(16-10-13-6-3-4-8-15(13)20-16)18(2)17(19)11-14-7-5-9-21-14/h3-10,12H,11H2,1-2H3. The van der Waals surface area contributed by atoms with Crippen LogP contribution in [0, 0.1) is 0 Å². The number of rotatable bonds is 4. The molecule has 0 fully saturated rings. The Hall–Kier alpha value is -2.07. The Kier molecular flexibility index (Phi) is 3.80. The monoisotopic (exact) mass is 299 g/mol. The van der Waals surface area contributed by atoms with Crippen LogP contribution >= 0.6 is 11.3 Å². The number of fused-ring (bicyclic) bond motifs is 1. The van der Waals surface area contributed by atoms with Gasteiger partial charge < -0.3 is 9.32 Å². The van der Waals surface area contributed by atoms with Gasteiger partial charge in [0.25, 0.3) is 0 Å². The molecular weight excluding hydrogens is 282 g/mol. The first-order valence-corrected chi connectivity index (χ1v) is 7.79. The fraction of sp³-hybridized carbons (Fsp3) is 0.235. The number of thiophene rings is 1. The minimum atomic E-state index is -0.0788. The SMILES string of the molecule is CC(c1cc2ccccc2o1)N(C)C(=O)Cc1cccs1. The summed E-state index contributed by atoms with van der Waals surface area (Å²) in [5.74, 6) is 0.920. The average molecular weight is 299 g/mol. The van der Waals surface area contributed by atoms with Crippen molar-refractivity contribution in [1.82, 2.24) is 4.90 Å². The van der Waals surface area contributed by atoms with Gasteiger partial charge >= 0.3 is 0 Å². The van der Waals surface area contributed by atoms with E-state index in [4.69, 9.17) is 4.42 Å². The van der Waals surface area contributed by atoms with E-state index in [0.717, 1.165) is 21.6 Å². The van der Waals surface area contributed by atoms with E-state index in [1.54, 1.807) is 16.2 Å². The normalized spacial score (nSPS) is 12.5. The smallest absolute Gasteiger partial charge is 0.228 e. The second-order valence-electron chi connectivity index (χ2n) is 5.12. The maximum Gasteiger partial charge on any atom is 0.228 e. The second kappa shape index (κ2) is 5.74. The molecule has 0 bridgehead atoms. The molecule has 1 unspecified atom stereocenters. The first kappa shape index (κ1) is 13.9. The number of carbonyl (C=O) groups excluding carboxylic acids is 1. The molecule has 108 valence electrons. The van der Waals surface area contributed by atoms with Crippen molar-refractivity contribution >= 4 is 28.2 Å². The number of hydrogen-bond acceptors (Lipinski definition) is 3. The highest BCUT2D eigenvalue weighted by Crippen LogP contribution is 2.27. The van der Waals surface area contributed by atoms with E-state index in [9.17, 15) is 4.79 Å². The van der Waals surface area contributed by atoms with Gasteiger partial charge in [0.05, 0.1) is 12.5 Å². The number of likely N-dealkylation sites (N-methyl/N-ethyl adjacent to an activating group) is 1. The van der Waals surface area contributed by atoms with Crippen LogP contribution in [0.25, 0.3) is 11.0 Å². The van der Waals surface area contributed by atoms with Gasteiger partial charge in [-0.2, -0.15) is 0 Å². The highest BCUT2D eigenvalue weighted by atomic mass is 32.1. The van der Waals surface area contributed by atoms with E-state index >= 15 is 0 Å². The van der Waals surface area contributed by atoms with Crippen molar-refractivity contribution in [2.45, 2.75) is 19.4 Å². The molecule has 3 aromatic rings. The van der Waals surface area contributed by atoms with Gasteiger partial charge in [-0.05, 0) is 30.5 Å². The Morgan fingerprint density at radius 1 is 1.29 bits per heavy atom. The minimum absolute atomic E-state index is 0.0788. The molecule has 1 aromatic carbocycles. The Morgan fingerprint density at radius 3 is 2.81 bits per heavy atom. The van der Waals surface area contributed by atoms with Crippen LogP contribution in [0.3, 0.4) is 0 Å². The van der Waals surface area contributed by atoms with Gasteiger partial charge in [0.1, 0.15) is 11.3 Å². The fourth-order valence-corrected chi connectivity index (χ4v) is 3.00. The highest BCUT2D eigenvalue weighted by Gasteiger charge is 2.21. The molecule has 0 aliphatic carbocycles. The van der Waals surface area contributed by atoms with Gasteiger partial charge in [0, 0.05) is 17.3 Å². The van der Waals surface area contributed by atoms with E-state index in [2.05, 4.69) is 0 Å². The molecular formula is C17H17NO2S. The first-order valence-electron chi connectivity index (χ1n) is 6.91. The molecule has 2 aromatic heterocycles. The lowest BCUT2D eigenvalue weighted by molar-refractivity contribution is -0.131. The van der Waals surface area contributed by atoms with E-state index in [1.807, 2.05) is 61.8 Å². The van der Waals surface area contributed by atoms with Crippen LogP contribution < -0.4 is 0 Å². The third-order valence-electron chi connectivity index (χ3n) is 3.74. The number of hydrogen-bond donors (Lipinski definition) is 0. The topological polar surface area (TPSA) is 33.5 Å². The summed E-state index contributed by atoms with van der Waals surface area (Å²) in [5.41, 5.74) is 0.860. The molecule has 3 nitrogen and oxygen atoms in total. The van der Waals surface area contributed by atoms with Crippen molar-refractivity contribution in [3.05, 3.63) is 58.5 Å². The predicted octanol–water partition coefficient (Wildman–Crippen LogP) is 4.26. The van der Waals surface area contributed by atoms with Crippen LogP contribution in [0.1, 0.15) is 23.6 Å². The molecule has 2 heterocycles. The number of furan rings is 1. The summed E-state index contributed by atoms with van der Waals surface area (Å²) in [7, 11) is 1.83. The van der Waals surface area contributed by atoms with Crippen molar-refractivity contribution in [2.24, 2.45) is 0 Å². The molecule has 0 aliphatic heterocycles. The first-order chi connectivity index (χ1) is 10.1. The van der Waals surface area contributed by atoms with Gasteiger partial charge in [-0.1, -0.05) is 24.3 Å². The van der Waals surface area contributed by atoms with E-state index in [0.29, 0.717) is 6.42 Å². The van der Waals surface area contributed by atoms with Crippen LogP contribution in [-0.4, -0.2) is 17.9 Å². The quantitative estimate of drug-likeness (QED) is 0.721. The van der Waals surface area contributed by atoms with Crippen molar-refractivity contribution in [2.75, 3.05) is 7.05 Å². The molecule has 0 N–H and O–H groups in total. The Labute approximate surface area is 127 Å². The fourth-order valence-electron chi connectivity index (χ4n) is 2.30. The third kappa shape index (κ3) is 2.85. The Morgan fingerprint density at radius 2 is 2.10 bits per heavy atom. The summed E-state index contributed by atoms with van der Waals surface area (Å²) in [4.78, 5) is 15.2. The highest BCUT2D eigenvalue weighted by molar-refractivity contribution is 7.10. The summed E-state index contributed by atoms with van der Waals surface area (Å²) >= 11 is 1.61. The average Bonchev–Trinajstić information content (AvgIpc) is 3.14. The largest absolute Gasteiger partial charge is 0.459 e. The van der Waals surface area contributed by atoms with Gasteiger partial charge in [0.2, 0.25) is 5.91 Å². The number of benzene rings is 1. The van der Waals surface area contributed by atoms with Crippen molar-refractivity contribution in [3.8, 4) is 0 Å². The number of para-hydroxylation sites is 1. The number of nitrogens with zero attached hydrogens (tertiary/aromatic N) is 1. The van der Waals surface area contributed by atoms with Gasteiger partial charge in [-0.15, -0.1) is 11.3 Å². The molecule has 4 heteroatoms. The van der Waals surface area contributed by atoms with E-state index < -0.39 is 0 Å². The zero-order chi connectivity index (χ0) is 14.8. The maximum atomic E-state index is 12.3. The molecule has 21 heavy (non-hydrogen) atoms. The molecule has 1 amide bonds. The molecule has 1 atom stereocenters. The zero-order valence-corrected chi connectivity index (χ0v) is 12.9.